The second-order valence-electron chi connectivity index (χ2n) is 3.54. The van der Waals surface area contributed by atoms with Crippen molar-refractivity contribution in [2.75, 3.05) is 20.8 Å². The molecule has 0 saturated carbocycles. The largest absolute Gasteiger partial charge is 0.493 e. The van der Waals surface area contributed by atoms with E-state index in [4.69, 9.17) is 14.2 Å². The topological polar surface area (TPSA) is 70.8 Å². The lowest BCUT2D eigenvalue weighted by Gasteiger charge is -2.15. The lowest BCUT2D eigenvalue weighted by atomic mass is 10.1. The van der Waals surface area contributed by atoms with Crippen LogP contribution < -0.4 is 14.2 Å². The summed E-state index contributed by atoms with van der Waals surface area (Å²) in [5, 5.41) is 11.1. The highest BCUT2D eigenvalue weighted by molar-refractivity contribution is 5.73. The number of benzene rings is 1. The average molecular weight is 289 g/mol. The number of halogens is 2. The fraction of sp³-hybridized carbons (Fsp3) is 0.333. The number of methoxy groups -OCH3 is 2. The Morgan fingerprint density at radius 1 is 1.40 bits per heavy atom. The minimum absolute atomic E-state index is 0.0444. The molecule has 0 fully saturated rings. The molecule has 0 radical (unpaired) electrons. The summed E-state index contributed by atoms with van der Waals surface area (Å²) in [6.07, 6.45) is -1.50. The van der Waals surface area contributed by atoms with E-state index in [2.05, 4.69) is 6.58 Å². The molecule has 1 rings (SSSR count). The molecule has 20 heavy (non-hydrogen) atoms. The molecule has 0 saturated heterocycles. The van der Waals surface area contributed by atoms with Gasteiger partial charge < -0.3 is 14.2 Å². The van der Waals surface area contributed by atoms with Gasteiger partial charge in [-0.1, -0.05) is 12.7 Å². The SMILES string of the molecule is C=Cc1cc(OC)c(OCC(F)F)c(OC)c1[N+](=O)[O-]. The van der Waals surface area contributed by atoms with Crippen LogP contribution in [0.5, 0.6) is 17.2 Å². The summed E-state index contributed by atoms with van der Waals surface area (Å²) in [6, 6.07) is 1.27. The van der Waals surface area contributed by atoms with E-state index >= 15 is 0 Å². The molecule has 8 heteroatoms. The number of rotatable bonds is 7. The van der Waals surface area contributed by atoms with Crippen molar-refractivity contribution in [1.29, 1.82) is 0 Å². The third kappa shape index (κ3) is 3.14. The number of ether oxygens (including phenoxy) is 3. The lowest BCUT2D eigenvalue weighted by molar-refractivity contribution is -0.386. The first-order valence-corrected chi connectivity index (χ1v) is 5.43. The first-order chi connectivity index (χ1) is 9.46. The van der Waals surface area contributed by atoms with Crippen LogP contribution in [0.2, 0.25) is 0 Å². The monoisotopic (exact) mass is 289 g/mol. The Kier molecular flexibility index (Phi) is 5.24. The van der Waals surface area contributed by atoms with Crippen LogP contribution >= 0.6 is 0 Å². The van der Waals surface area contributed by atoms with Gasteiger partial charge in [0.05, 0.1) is 24.7 Å². The highest BCUT2D eigenvalue weighted by Crippen LogP contribution is 2.46. The smallest absolute Gasteiger partial charge is 0.322 e. The van der Waals surface area contributed by atoms with Gasteiger partial charge in [-0.2, -0.15) is 0 Å². The molecule has 0 aliphatic heterocycles. The second-order valence-corrected chi connectivity index (χ2v) is 3.54. The number of hydrogen-bond donors (Lipinski definition) is 0. The van der Waals surface area contributed by atoms with Crippen molar-refractivity contribution in [2.24, 2.45) is 0 Å². The zero-order valence-corrected chi connectivity index (χ0v) is 10.9. The number of nitrogens with zero attached hydrogens (tertiary/aromatic N) is 1. The van der Waals surface area contributed by atoms with Gasteiger partial charge in [0.1, 0.15) is 6.61 Å². The van der Waals surface area contributed by atoms with Crippen molar-refractivity contribution in [3.63, 3.8) is 0 Å². The highest BCUT2D eigenvalue weighted by atomic mass is 19.3. The summed E-state index contributed by atoms with van der Waals surface area (Å²) in [5.74, 6) is -0.486. The van der Waals surface area contributed by atoms with Gasteiger partial charge in [0.15, 0.2) is 5.75 Å². The molecule has 110 valence electrons. The first kappa shape index (κ1) is 15.7. The second kappa shape index (κ2) is 6.69. The van der Waals surface area contributed by atoms with Crippen molar-refractivity contribution >= 4 is 11.8 Å². The van der Waals surface area contributed by atoms with Gasteiger partial charge in [-0.25, -0.2) is 8.78 Å². The van der Waals surface area contributed by atoms with Gasteiger partial charge in [0.25, 0.3) is 6.43 Å². The predicted molar refractivity (Wildman–Crippen MR) is 67.8 cm³/mol. The van der Waals surface area contributed by atoms with Gasteiger partial charge in [-0.15, -0.1) is 0 Å². The molecule has 1 aromatic rings. The molecular weight excluding hydrogens is 276 g/mol. The van der Waals surface area contributed by atoms with Crippen LogP contribution in [0.1, 0.15) is 5.56 Å². The number of alkyl halides is 2. The van der Waals surface area contributed by atoms with E-state index in [1.165, 1.54) is 26.4 Å². The summed E-state index contributed by atoms with van der Waals surface area (Å²) >= 11 is 0. The molecule has 0 bridgehead atoms. The molecule has 6 nitrogen and oxygen atoms in total. The lowest BCUT2D eigenvalue weighted by Crippen LogP contribution is -2.10. The minimum Gasteiger partial charge on any atom is -0.493 e. The maximum Gasteiger partial charge on any atom is 0.322 e. The Morgan fingerprint density at radius 2 is 2.05 bits per heavy atom. The van der Waals surface area contributed by atoms with Gasteiger partial charge in [-0.3, -0.25) is 10.1 Å². The number of nitro benzene ring substituents is 1. The van der Waals surface area contributed by atoms with E-state index in [0.29, 0.717) is 0 Å². The molecule has 0 aliphatic carbocycles. The molecule has 0 aromatic heterocycles. The van der Waals surface area contributed by atoms with Crippen LogP contribution in [0.15, 0.2) is 12.6 Å². The molecule has 0 spiro atoms. The molecule has 0 unspecified atom stereocenters. The third-order valence-corrected chi connectivity index (χ3v) is 2.39. The van der Waals surface area contributed by atoms with Gasteiger partial charge in [0.2, 0.25) is 11.5 Å². The molecule has 1 aromatic carbocycles. The quantitative estimate of drug-likeness (QED) is 0.570. The van der Waals surface area contributed by atoms with Gasteiger partial charge in [-0.05, 0) is 6.07 Å². The summed E-state index contributed by atoms with van der Waals surface area (Å²) in [6.45, 7) is 2.52. The van der Waals surface area contributed by atoms with Gasteiger partial charge in [0, 0.05) is 0 Å². The average Bonchev–Trinajstić information content (AvgIpc) is 2.42. The molecule has 0 amide bonds. The summed E-state index contributed by atoms with van der Waals surface area (Å²) in [4.78, 5) is 10.4. The van der Waals surface area contributed by atoms with Crippen LogP contribution in [0.3, 0.4) is 0 Å². The minimum atomic E-state index is -2.73. The van der Waals surface area contributed by atoms with Crippen LogP contribution in [0.4, 0.5) is 14.5 Å². The van der Waals surface area contributed by atoms with E-state index in [-0.39, 0.29) is 22.8 Å². The van der Waals surface area contributed by atoms with E-state index in [1.54, 1.807) is 0 Å². The molecular formula is C12H13F2NO5. The Hall–Kier alpha value is -2.38. The van der Waals surface area contributed by atoms with E-state index < -0.39 is 23.6 Å². The Balaban J connectivity index is 3.49. The predicted octanol–water partition coefficient (Wildman–Crippen LogP) is 2.90. The van der Waals surface area contributed by atoms with Crippen molar-refractivity contribution in [3.05, 3.63) is 28.3 Å². The highest BCUT2D eigenvalue weighted by Gasteiger charge is 2.28. The Bertz CT molecular complexity index is 519. The Morgan fingerprint density at radius 3 is 2.45 bits per heavy atom. The molecule has 0 N–H and O–H groups in total. The molecule has 0 atom stereocenters. The van der Waals surface area contributed by atoms with Crippen molar-refractivity contribution in [3.8, 4) is 17.2 Å². The number of hydrogen-bond acceptors (Lipinski definition) is 5. The van der Waals surface area contributed by atoms with E-state index in [0.717, 1.165) is 0 Å². The van der Waals surface area contributed by atoms with E-state index in [1.807, 2.05) is 0 Å². The van der Waals surface area contributed by atoms with Crippen LogP contribution in [0, 0.1) is 10.1 Å². The summed E-state index contributed by atoms with van der Waals surface area (Å²) in [7, 11) is 2.45. The standard InChI is InChI=1S/C12H13F2NO5/c1-4-7-5-8(18-2)11(20-6-9(13)14)12(19-3)10(7)15(16)17/h4-5,9H,1,6H2,2-3H3. The summed E-state index contributed by atoms with van der Waals surface area (Å²) in [5.41, 5.74) is -0.291. The molecule has 0 aliphatic rings. The van der Waals surface area contributed by atoms with Crippen LogP contribution in [0.25, 0.3) is 6.08 Å². The summed E-state index contributed by atoms with van der Waals surface area (Å²) < 4.78 is 39.2. The van der Waals surface area contributed by atoms with Crippen molar-refractivity contribution in [2.45, 2.75) is 6.43 Å². The maximum atomic E-state index is 12.2. The fourth-order valence-electron chi connectivity index (χ4n) is 1.59. The Labute approximate surface area is 113 Å². The van der Waals surface area contributed by atoms with Crippen molar-refractivity contribution < 1.29 is 27.9 Å². The zero-order valence-electron chi connectivity index (χ0n) is 10.9. The van der Waals surface area contributed by atoms with E-state index in [9.17, 15) is 18.9 Å². The van der Waals surface area contributed by atoms with Crippen LogP contribution in [-0.2, 0) is 0 Å². The fourth-order valence-corrected chi connectivity index (χ4v) is 1.59. The normalized spacial score (nSPS) is 10.2. The van der Waals surface area contributed by atoms with Crippen LogP contribution in [-0.4, -0.2) is 32.2 Å². The first-order valence-electron chi connectivity index (χ1n) is 5.43. The maximum absolute atomic E-state index is 12.2. The third-order valence-electron chi connectivity index (χ3n) is 2.39. The zero-order chi connectivity index (χ0) is 15.3. The van der Waals surface area contributed by atoms with Crippen molar-refractivity contribution in [1.82, 2.24) is 0 Å². The number of nitro groups is 1. The van der Waals surface area contributed by atoms with Gasteiger partial charge >= 0.3 is 5.69 Å². The molecule has 0 heterocycles.